The Labute approximate surface area is 72.2 Å². The van der Waals surface area contributed by atoms with Crippen molar-refractivity contribution >= 4 is 0 Å². The molecule has 0 spiro atoms. The van der Waals surface area contributed by atoms with Crippen molar-refractivity contribution in [2.24, 2.45) is 0 Å². The van der Waals surface area contributed by atoms with Crippen molar-refractivity contribution in [3.05, 3.63) is 23.0 Å². The highest BCUT2D eigenvalue weighted by Crippen LogP contribution is 2.10. The molecule has 0 bridgehead atoms. The van der Waals surface area contributed by atoms with Gasteiger partial charge in [0.1, 0.15) is 0 Å². The average Bonchev–Trinajstić information content (AvgIpc) is 2.17. The van der Waals surface area contributed by atoms with Crippen LogP contribution in [0.25, 0.3) is 0 Å². The van der Waals surface area contributed by atoms with Gasteiger partial charge in [-0.1, -0.05) is 6.92 Å². The van der Waals surface area contributed by atoms with Crippen LogP contribution in [0.3, 0.4) is 0 Å². The Kier molecular flexibility index (Phi) is 2.04. The summed E-state index contributed by atoms with van der Waals surface area (Å²) in [6.07, 6.45) is 1.99. The van der Waals surface area contributed by atoms with Crippen molar-refractivity contribution in [2.75, 3.05) is 6.54 Å². The number of aryl methyl sites for hydroxylation is 1. The van der Waals surface area contributed by atoms with Crippen molar-refractivity contribution < 1.29 is 0 Å². The standard InChI is InChI=1S/C9H13N3/c1-2-8-5-7-6-10-4-3-9(7)12-11-8/h5,10H,2-4,6H2,1H3. The first-order valence-corrected chi connectivity index (χ1v) is 4.45. The number of nitrogens with one attached hydrogen (secondary N) is 1. The van der Waals surface area contributed by atoms with Gasteiger partial charge >= 0.3 is 0 Å². The van der Waals surface area contributed by atoms with Crippen LogP contribution in [-0.2, 0) is 19.4 Å². The Bertz CT molecular complexity index is 283. The van der Waals surface area contributed by atoms with Gasteiger partial charge in [0.15, 0.2) is 0 Å². The van der Waals surface area contributed by atoms with Gasteiger partial charge in [-0.3, -0.25) is 0 Å². The van der Waals surface area contributed by atoms with Crippen LogP contribution in [0.2, 0.25) is 0 Å². The highest BCUT2D eigenvalue weighted by molar-refractivity contribution is 5.23. The fraction of sp³-hybridized carbons (Fsp3) is 0.556. The summed E-state index contributed by atoms with van der Waals surface area (Å²) in [4.78, 5) is 0. The van der Waals surface area contributed by atoms with Gasteiger partial charge in [-0.2, -0.15) is 10.2 Å². The normalized spacial score (nSPS) is 15.8. The Hall–Kier alpha value is -0.960. The van der Waals surface area contributed by atoms with E-state index < -0.39 is 0 Å². The molecule has 1 aliphatic heterocycles. The van der Waals surface area contributed by atoms with Gasteiger partial charge in [0.25, 0.3) is 0 Å². The molecule has 0 saturated heterocycles. The predicted molar refractivity (Wildman–Crippen MR) is 46.8 cm³/mol. The van der Waals surface area contributed by atoms with Gasteiger partial charge in [-0.05, 0) is 18.1 Å². The molecular weight excluding hydrogens is 150 g/mol. The monoisotopic (exact) mass is 163 g/mol. The summed E-state index contributed by atoms with van der Waals surface area (Å²) in [6.45, 7) is 4.09. The smallest absolute Gasteiger partial charge is 0.0688 e. The summed E-state index contributed by atoms with van der Waals surface area (Å²) in [5.41, 5.74) is 3.59. The number of fused-ring (bicyclic) bond motifs is 1. The van der Waals surface area contributed by atoms with Crippen molar-refractivity contribution in [3.8, 4) is 0 Å². The largest absolute Gasteiger partial charge is 0.312 e. The fourth-order valence-electron chi connectivity index (χ4n) is 1.47. The van der Waals surface area contributed by atoms with Gasteiger partial charge in [-0.15, -0.1) is 0 Å². The zero-order valence-corrected chi connectivity index (χ0v) is 7.30. The molecule has 0 fully saturated rings. The minimum Gasteiger partial charge on any atom is -0.312 e. The van der Waals surface area contributed by atoms with E-state index in [1.54, 1.807) is 0 Å². The Morgan fingerprint density at radius 2 is 2.42 bits per heavy atom. The minimum atomic E-state index is 0.956. The molecule has 64 valence electrons. The van der Waals surface area contributed by atoms with Gasteiger partial charge in [0.05, 0.1) is 11.4 Å². The third-order valence-corrected chi connectivity index (χ3v) is 2.23. The van der Waals surface area contributed by atoms with E-state index in [0.717, 1.165) is 31.6 Å². The lowest BCUT2D eigenvalue weighted by Gasteiger charge is -2.15. The molecule has 1 aliphatic rings. The van der Waals surface area contributed by atoms with Crippen LogP contribution >= 0.6 is 0 Å². The number of aromatic nitrogens is 2. The van der Waals surface area contributed by atoms with Gasteiger partial charge in [-0.25, -0.2) is 0 Å². The van der Waals surface area contributed by atoms with Gasteiger partial charge in [0.2, 0.25) is 0 Å². The van der Waals surface area contributed by atoms with E-state index >= 15 is 0 Å². The van der Waals surface area contributed by atoms with Crippen LogP contribution < -0.4 is 5.32 Å². The van der Waals surface area contributed by atoms with Crippen LogP contribution in [-0.4, -0.2) is 16.7 Å². The van der Waals surface area contributed by atoms with Gasteiger partial charge < -0.3 is 5.32 Å². The molecule has 1 aromatic rings. The molecule has 0 atom stereocenters. The second kappa shape index (κ2) is 3.19. The lowest BCUT2D eigenvalue weighted by atomic mass is 10.1. The van der Waals surface area contributed by atoms with E-state index in [0.29, 0.717) is 0 Å². The zero-order chi connectivity index (χ0) is 8.39. The molecule has 0 saturated carbocycles. The first kappa shape index (κ1) is 7.68. The average molecular weight is 163 g/mol. The summed E-state index contributed by atoms with van der Waals surface area (Å²) < 4.78 is 0. The molecule has 0 radical (unpaired) electrons. The summed E-state index contributed by atoms with van der Waals surface area (Å²) in [6, 6.07) is 2.16. The molecule has 2 rings (SSSR count). The number of nitrogens with zero attached hydrogens (tertiary/aromatic N) is 2. The second-order valence-corrected chi connectivity index (χ2v) is 3.09. The van der Waals surface area contributed by atoms with Crippen LogP contribution in [0, 0.1) is 0 Å². The predicted octanol–water partition coefficient (Wildman–Crippen LogP) is 0.685. The molecule has 3 nitrogen and oxygen atoms in total. The molecule has 3 heteroatoms. The molecule has 0 aromatic carbocycles. The SMILES string of the molecule is CCc1cc2c(nn1)CCNC2. The quantitative estimate of drug-likeness (QED) is 0.661. The summed E-state index contributed by atoms with van der Waals surface area (Å²) in [5.74, 6) is 0. The maximum absolute atomic E-state index is 4.20. The number of rotatable bonds is 1. The summed E-state index contributed by atoms with van der Waals surface area (Å²) in [5, 5.41) is 11.7. The fourth-order valence-corrected chi connectivity index (χ4v) is 1.47. The van der Waals surface area contributed by atoms with E-state index in [9.17, 15) is 0 Å². The van der Waals surface area contributed by atoms with E-state index in [4.69, 9.17) is 0 Å². The minimum absolute atomic E-state index is 0.956. The topological polar surface area (TPSA) is 37.8 Å². The van der Waals surface area contributed by atoms with E-state index in [-0.39, 0.29) is 0 Å². The molecule has 1 N–H and O–H groups in total. The summed E-state index contributed by atoms with van der Waals surface area (Å²) in [7, 11) is 0. The first-order chi connectivity index (χ1) is 5.90. The van der Waals surface area contributed by atoms with E-state index in [1.165, 1.54) is 11.3 Å². The van der Waals surface area contributed by atoms with E-state index in [1.807, 2.05) is 0 Å². The number of hydrogen-bond acceptors (Lipinski definition) is 3. The highest BCUT2D eigenvalue weighted by atomic mass is 15.1. The van der Waals surface area contributed by atoms with Crippen molar-refractivity contribution in [1.29, 1.82) is 0 Å². The molecule has 2 heterocycles. The van der Waals surface area contributed by atoms with Crippen LogP contribution in [0.1, 0.15) is 23.9 Å². The molecule has 0 amide bonds. The molecule has 1 aromatic heterocycles. The molecule has 0 aliphatic carbocycles. The van der Waals surface area contributed by atoms with Crippen molar-refractivity contribution in [2.45, 2.75) is 26.3 Å². The molecule has 12 heavy (non-hydrogen) atoms. The maximum atomic E-state index is 4.20. The Morgan fingerprint density at radius 3 is 3.25 bits per heavy atom. The van der Waals surface area contributed by atoms with Crippen LogP contribution in [0.4, 0.5) is 0 Å². The third-order valence-electron chi connectivity index (χ3n) is 2.23. The Morgan fingerprint density at radius 1 is 1.50 bits per heavy atom. The molecular formula is C9H13N3. The maximum Gasteiger partial charge on any atom is 0.0688 e. The first-order valence-electron chi connectivity index (χ1n) is 4.45. The van der Waals surface area contributed by atoms with Crippen molar-refractivity contribution in [3.63, 3.8) is 0 Å². The zero-order valence-electron chi connectivity index (χ0n) is 7.30. The van der Waals surface area contributed by atoms with Crippen LogP contribution in [0.5, 0.6) is 0 Å². The third kappa shape index (κ3) is 1.32. The van der Waals surface area contributed by atoms with E-state index in [2.05, 4.69) is 28.5 Å². The molecule has 0 unspecified atom stereocenters. The van der Waals surface area contributed by atoms with Crippen LogP contribution in [0.15, 0.2) is 6.07 Å². The number of hydrogen-bond donors (Lipinski definition) is 1. The lowest BCUT2D eigenvalue weighted by Crippen LogP contribution is -2.25. The highest BCUT2D eigenvalue weighted by Gasteiger charge is 2.10. The second-order valence-electron chi connectivity index (χ2n) is 3.09. The Balaban J connectivity index is 2.36. The van der Waals surface area contributed by atoms with Gasteiger partial charge in [0, 0.05) is 19.5 Å². The van der Waals surface area contributed by atoms with Crippen molar-refractivity contribution in [1.82, 2.24) is 15.5 Å². The lowest BCUT2D eigenvalue weighted by molar-refractivity contribution is 0.616. The summed E-state index contributed by atoms with van der Waals surface area (Å²) >= 11 is 0.